The lowest BCUT2D eigenvalue weighted by Gasteiger charge is -2.27. The zero-order valence-corrected chi connectivity index (χ0v) is 21.7. The highest BCUT2D eigenvalue weighted by atomic mass is 79.9. The number of non-ortho nitro benzene ring substituents is 1. The van der Waals surface area contributed by atoms with Crippen molar-refractivity contribution in [3.8, 4) is 11.3 Å². The maximum atomic E-state index is 13.7. The first-order valence-corrected chi connectivity index (χ1v) is 12.7. The normalized spacial score (nSPS) is 20.7. The number of carbonyl (C=O) groups is 2. The molecule has 0 bridgehead atoms. The molecule has 0 aliphatic carbocycles. The Balaban J connectivity index is 1.41. The lowest BCUT2D eigenvalue weighted by atomic mass is 9.94. The van der Waals surface area contributed by atoms with Crippen molar-refractivity contribution < 1.29 is 23.8 Å². The third-order valence-corrected chi connectivity index (χ3v) is 7.40. The number of benzene rings is 3. The van der Waals surface area contributed by atoms with Gasteiger partial charge in [0, 0.05) is 22.2 Å². The van der Waals surface area contributed by atoms with Gasteiger partial charge in [-0.1, -0.05) is 45.7 Å². The zero-order chi connectivity index (χ0) is 26.6. The van der Waals surface area contributed by atoms with Gasteiger partial charge in [-0.25, -0.2) is 9.96 Å². The van der Waals surface area contributed by atoms with Gasteiger partial charge in [0.1, 0.15) is 23.5 Å². The van der Waals surface area contributed by atoms with Gasteiger partial charge < -0.3 is 4.42 Å². The van der Waals surface area contributed by atoms with Crippen molar-refractivity contribution in [3.63, 3.8) is 0 Å². The molecule has 3 unspecified atom stereocenters. The Labute approximate surface area is 229 Å². The SMILES string of the molecule is O=C1C2ON(c3ccccc3)C(c3ccc(-c4ccc([N+](=O)[O-])cc4Cl)o3)C2C(=O)N1c1ccc(Br)cc1. The molecule has 3 atom stereocenters. The molecule has 2 aliphatic rings. The van der Waals surface area contributed by atoms with E-state index in [1.165, 1.54) is 23.3 Å². The number of nitrogens with zero attached hydrogens (tertiary/aromatic N) is 3. The lowest BCUT2D eigenvalue weighted by Crippen LogP contribution is -2.37. The van der Waals surface area contributed by atoms with Gasteiger partial charge >= 0.3 is 0 Å². The van der Waals surface area contributed by atoms with Crippen molar-refractivity contribution in [3.05, 3.63) is 110 Å². The second kappa shape index (κ2) is 9.39. The van der Waals surface area contributed by atoms with E-state index in [1.807, 2.05) is 30.3 Å². The summed E-state index contributed by atoms with van der Waals surface area (Å²) >= 11 is 9.69. The third kappa shape index (κ3) is 3.97. The van der Waals surface area contributed by atoms with E-state index in [4.69, 9.17) is 20.9 Å². The van der Waals surface area contributed by atoms with Crippen LogP contribution in [0.4, 0.5) is 17.1 Å². The molecule has 0 spiro atoms. The molecule has 190 valence electrons. The molecule has 0 saturated carbocycles. The Morgan fingerprint density at radius 2 is 1.63 bits per heavy atom. The predicted molar refractivity (Wildman–Crippen MR) is 142 cm³/mol. The van der Waals surface area contributed by atoms with Crippen LogP contribution in [0, 0.1) is 16.0 Å². The minimum absolute atomic E-state index is 0.143. The molecule has 1 aromatic heterocycles. The smallest absolute Gasteiger partial charge is 0.270 e. The standard InChI is InChI=1S/C27H17BrClN3O6/c28-15-6-8-16(9-7-15)30-26(33)23-24(31(38-25(23)27(30)34)17-4-2-1-3-5-17)22-13-12-21(37-22)19-11-10-18(32(35)36)14-20(19)29/h1-14,23-25H. The number of halogens is 2. The fourth-order valence-corrected chi connectivity index (χ4v) is 5.35. The van der Waals surface area contributed by atoms with Crippen molar-refractivity contribution in [2.75, 3.05) is 9.96 Å². The van der Waals surface area contributed by atoms with Crippen LogP contribution in [0.3, 0.4) is 0 Å². The van der Waals surface area contributed by atoms with Gasteiger partial charge in [-0.2, -0.15) is 0 Å². The number of anilines is 2. The fraction of sp³-hybridized carbons (Fsp3) is 0.111. The number of fused-ring (bicyclic) bond motifs is 1. The molecule has 2 saturated heterocycles. The molecule has 0 radical (unpaired) electrons. The maximum Gasteiger partial charge on any atom is 0.270 e. The number of rotatable bonds is 5. The molecule has 3 heterocycles. The first-order valence-electron chi connectivity index (χ1n) is 11.5. The Hall–Kier alpha value is -3.99. The molecular formula is C27H17BrClN3O6. The quantitative estimate of drug-likeness (QED) is 0.151. The topological polar surface area (TPSA) is 106 Å². The number of hydroxylamine groups is 1. The van der Waals surface area contributed by atoms with Gasteiger partial charge in [0.2, 0.25) is 5.91 Å². The molecule has 2 amide bonds. The Morgan fingerprint density at radius 1 is 0.895 bits per heavy atom. The van der Waals surface area contributed by atoms with Crippen molar-refractivity contribution in [1.29, 1.82) is 0 Å². The van der Waals surface area contributed by atoms with Crippen molar-refractivity contribution >= 4 is 56.4 Å². The van der Waals surface area contributed by atoms with E-state index in [1.54, 1.807) is 36.4 Å². The van der Waals surface area contributed by atoms with Crippen LogP contribution >= 0.6 is 27.5 Å². The van der Waals surface area contributed by atoms with Crippen LogP contribution in [0.5, 0.6) is 0 Å². The van der Waals surface area contributed by atoms with Crippen LogP contribution in [0.1, 0.15) is 11.8 Å². The number of carbonyl (C=O) groups excluding carboxylic acids is 2. The summed E-state index contributed by atoms with van der Waals surface area (Å²) in [5.74, 6) is -1.01. The summed E-state index contributed by atoms with van der Waals surface area (Å²) in [6, 6.07) is 22.7. The van der Waals surface area contributed by atoms with Crippen LogP contribution in [0.2, 0.25) is 5.02 Å². The van der Waals surface area contributed by atoms with E-state index < -0.39 is 34.8 Å². The summed E-state index contributed by atoms with van der Waals surface area (Å²) in [6.45, 7) is 0. The summed E-state index contributed by atoms with van der Waals surface area (Å²) in [6.07, 6.45) is -1.05. The van der Waals surface area contributed by atoms with Crippen LogP contribution in [-0.2, 0) is 14.4 Å². The number of hydrogen-bond acceptors (Lipinski definition) is 7. The van der Waals surface area contributed by atoms with Crippen molar-refractivity contribution in [2.24, 2.45) is 5.92 Å². The minimum Gasteiger partial charge on any atom is -0.459 e. The summed E-state index contributed by atoms with van der Waals surface area (Å²) < 4.78 is 6.99. The Kier molecular flexibility index (Phi) is 6.02. The highest BCUT2D eigenvalue weighted by molar-refractivity contribution is 9.10. The summed E-state index contributed by atoms with van der Waals surface area (Å²) in [5, 5.41) is 12.8. The van der Waals surface area contributed by atoms with Crippen LogP contribution < -0.4 is 9.96 Å². The molecule has 0 N–H and O–H groups in total. The molecular weight excluding hydrogens is 578 g/mol. The molecule has 6 rings (SSSR count). The number of nitro benzene ring substituents is 1. The second-order valence-corrected chi connectivity index (χ2v) is 10.1. The highest BCUT2D eigenvalue weighted by Gasteiger charge is 2.61. The van der Waals surface area contributed by atoms with E-state index in [9.17, 15) is 19.7 Å². The number of amides is 2. The van der Waals surface area contributed by atoms with Gasteiger partial charge in [-0.05, 0) is 54.6 Å². The van der Waals surface area contributed by atoms with Gasteiger partial charge in [-0.15, -0.1) is 0 Å². The van der Waals surface area contributed by atoms with E-state index in [0.29, 0.717) is 28.5 Å². The number of nitro groups is 1. The van der Waals surface area contributed by atoms with E-state index in [-0.39, 0.29) is 10.7 Å². The Morgan fingerprint density at radius 3 is 2.32 bits per heavy atom. The molecule has 11 heteroatoms. The molecule has 2 aliphatic heterocycles. The summed E-state index contributed by atoms with van der Waals surface area (Å²) in [4.78, 5) is 45.0. The highest BCUT2D eigenvalue weighted by Crippen LogP contribution is 2.48. The number of hydrogen-bond donors (Lipinski definition) is 0. The number of para-hydroxylation sites is 1. The minimum atomic E-state index is -1.05. The molecule has 4 aromatic rings. The lowest BCUT2D eigenvalue weighted by molar-refractivity contribution is -0.384. The van der Waals surface area contributed by atoms with Crippen LogP contribution in [-0.4, -0.2) is 22.8 Å². The van der Waals surface area contributed by atoms with Crippen LogP contribution in [0.25, 0.3) is 11.3 Å². The first kappa shape index (κ1) is 24.4. The van der Waals surface area contributed by atoms with E-state index in [0.717, 1.165) is 9.37 Å². The molecule has 2 fully saturated rings. The van der Waals surface area contributed by atoms with Gasteiger partial charge in [0.05, 0.1) is 21.3 Å². The summed E-state index contributed by atoms with van der Waals surface area (Å²) in [7, 11) is 0. The predicted octanol–water partition coefficient (Wildman–Crippen LogP) is 6.32. The van der Waals surface area contributed by atoms with Gasteiger partial charge in [0.15, 0.2) is 6.10 Å². The van der Waals surface area contributed by atoms with Crippen molar-refractivity contribution in [2.45, 2.75) is 12.1 Å². The van der Waals surface area contributed by atoms with Gasteiger partial charge in [0.25, 0.3) is 11.6 Å². The largest absolute Gasteiger partial charge is 0.459 e. The molecule has 9 nitrogen and oxygen atoms in total. The van der Waals surface area contributed by atoms with E-state index in [2.05, 4.69) is 15.9 Å². The molecule has 3 aromatic carbocycles. The summed E-state index contributed by atoms with van der Waals surface area (Å²) in [5.41, 5.74) is 1.41. The molecule has 38 heavy (non-hydrogen) atoms. The second-order valence-electron chi connectivity index (χ2n) is 8.77. The zero-order valence-electron chi connectivity index (χ0n) is 19.4. The average molecular weight is 595 g/mol. The third-order valence-electron chi connectivity index (χ3n) is 6.56. The Bertz CT molecular complexity index is 1580. The first-order chi connectivity index (χ1) is 18.3. The van der Waals surface area contributed by atoms with E-state index >= 15 is 0 Å². The van der Waals surface area contributed by atoms with Crippen LogP contribution in [0.15, 0.2) is 93.8 Å². The average Bonchev–Trinajstić information content (AvgIpc) is 3.60. The number of imide groups is 1. The van der Waals surface area contributed by atoms with Crippen molar-refractivity contribution in [1.82, 2.24) is 0 Å². The van der Waals surface area contributed by atoms with Gasteiger partial charge in [-0.3, -0.25) is 24.5 Å². The number of furan rings is 1. The fourth-order valence-electron chi connectivity index (χ4n) is 4.82. The maximum absolute atomic E-state index is 13.7. The monoisotopic (exact) mass is 593 g/mol.